The second-order valence-corrected chi connectivity index (χ2v) is 6.84. The van der Waals surface area contributed by atoms with Crippen LogP contribution < -0.4 is 4.90 Å². The molecule has 4 rings (SSSR count). The average Bonchev–Trinajstić information content (AvgIpc) is 2.68. The molecule has 0 bridgehead atoms. The third kappa shape index (κ3) is 3.62. The topological polar surface area (TPSA) is 72.8 Å². The Hall–Kier alpha value is -2.67. The number of amides is 1. The van der Waals surface area contributed by atoms with Crippen LogP contribution in [0.3, 0.4) is 0 Å². The molecule has 1 amide bonds. The van der Waals surface area contributed by atoms with E-state index in [9.17, 15) is 4.79 Å². The Bertz CT molecular complexity index is 775. The van der Waals surface area contributed by atoms with Gasteiger partial charge in [0.1, 0.15) is 0 Å². The minimum Gasteiger partial charge on any atom is -0.465 e. The van der Waals surface area contributed by atoms with E-state index in [2.05, 4.69) is 39.0 Å². The van der Waals surface area contributed by atoms with Crippen molar-refractivity contribution < 1.29 is 9.90 Å². The zero-order valence-electron chi connectivity index (χ0n) is 14.7. The SMILES string of the molecule is O=C(O)N1CCc2nc(N3CCN(Cc4ccccc4)CC3)ncc2C1. The van der Waals surface area contributed by atoms with Crippen LogP contribution in [-0.2, 0) is 19.5 Å². The van der Waals surface area contributed by atoms with Crippen LogP contribution in [0.2, 0.25) is 0 Å². The molecule has 1 aromatic carbocycles. The molecule has 0 radical (unpaired) electrons. The minimum absolute atomic E-state index is 0.385. The molecule has 2 aliphatic rings. The number of hydrogen-bond acceptors (Lipinski definition) is 5. The lowest BCUT2D eigenvalue weighted by atomic mass is 10.1. The van der Waals surface area contributed by atoms with Gasteiger partial charge in [0.25, 0.3) is 0 Å². The normalized spacial score (nSPS) is 17.8. The van der Waals surface area contributed by atoms with Gasteiger partial charge in [-0.15, -0.1) is 0 Å². The number of aromatic nitrogens is 2. The van der Waals surface area contributed by atoms with Crippen LogP contribution in [0, 0.1) is 0 Å². The summed E-state index contributed by atoms with van der Waals surface area (Å²) in [5, 5.41) is 9.13. The van der Waals surface area contributed by atoms with E-state index in [0.717, 1.165) is 49.9 Å². The highest BCUT2D eigenvalue weighted by Crippen LogP contribution is 2.20. The molecule has 0 unspecified atom stereocenters. The van der Waals surface area contributed by atoms with Crippen molar-refractivity contribution in [3.05, 3.63) is 53.3 Å². The summed E-state index contributed by atoms with van der Waals surface area (Å²) in [7, 11) is 0. The number of anilines is 1. The molecule has 7 heteroatoms. The van der Waals surface area contributed by atoms with Gasteiger partial charge in [-0.3, -0.25) is 4.90 Å². The first kappa shape index (κ1) is 16.8. The molecule has 136 valence electrons. The van der Waals surface area contributed by atoms with Gasteiger partial charge in [0.2, 0.25) is 5.95 Å². The maximum Gasteiger partial charge on any atom is 0.407 e. The Morgan fingerprint density at radius 3 is 2.58 bits per heavy atom. The predicted molar refractivity (Wildman–Crippen MR) is 98.1 cm³/mol. The summed E-state index contributed by atoms with van der Waals surface area (Å²) in [5.74, 6) is 0.770. The molecule has 1 aromatic heterocycles. The van der Waals surface area contributed by atoms with Gasteiger partial charge in [-0.1, -0.05) is 30.3 Å². The molecule has 0 aliphatic carbocycles. The van der Waals surface area contributed by atoms with E-state index in [1.165, 1.54) is 10.5 Å². The van der Waals surface area contributed by atoms with Crippen LogP contribution >= 0.6 is 0 Å². The summed E-state index contributed by atoms with van der Waals surface area (Å²) in [6.45, 7) is 5.66. The van der Waals surface area contributed by atoms with Crippen LogP contribution in [0.1, 0.15) is 16.8 Å². The number of fused-ring (bicyclic) bond motifs is 1. The summed E-state index contributed by atoms with van der Waals surface area (Å²) < 4.78 is 0. The van der Waals surface area contributed by atoms with Gasteiger partial charge in [0.15, 0.2) is 0 Å². The van der Waals surface area contributed by atoms with E-state index in [-0.39, 0.29) is 0 Å². The average molecular weight is 353 g/mol. The van der Waals surface area contributed by atoms with E-state index in [0.29, 0.717) is 19.5 Å². The van der Waals surface area contributed by atoms with Crippen LogP contribution in [0.4, 0.5) is 10.7 Å². The van der Waals surface area contributed by atoms with Gasteiger partial charge in [0, 0.05) is 57.4 Å². The fraction of sp³-hybridized carbons (Fsp3) is 0.421. The van der Waals surface area contributed by atoms with Crippen LogP contribution in [0.25, 0.3) is 0 Å². The smallest absolute Gasteiger partial charge is 0.407 e. The highest BCUT2D eigenvalue weighted by molar-refractivity contribution is 5.65. The van der Waals surface area contributed by atoms with Gasteiger partial charge >= 0.3 is 6.09 Å². The number of nitrogens with zero attached hydrogens (tertiary/aromatic N) is 5. The largest absolute Gasteiger partial charge is 0.465 e. The predicted octanol–water partition coefficient (Wildman–Crippen LogP) is 1.83. The zero-order valence-corrected chi connectivity index (χ0v) is 14.7. The molecule has 26 heavy (non-hydrogen) atoms. The van der Waals surface area contributed by atoms with Crippen molar-refractivity contribution in [3.8, 4) is 0 Å². The molecule has 7 nitrogen and oxygen atoms in total. The van der Waals surface area contributed by atoms with Crippen molar-refractivity contribution in [1.82, 2.24) is 19.8 Å². The number of carboxylic acid groups (broad SMARTS) is 1. The van der Waals surface area contributed by atoms with E-state index in [1.807, 2.05) is 6.07 Å². The first-order valence-electron chi connectivity index (χ1n) is 9.03. The van der Waals surface area contributed by atoms with Crippen molar-refractivity contribution in [3.63, 3.8) is 0 Å². The lowest BCUT2D eigenvalue weighted by Gasteiger charge is -2.35. The summed E-state index contributed by atoms with van der Waals surface area (Å²) in [5.41, 5.74) is 3.25. The molecule has 2 aromatic rings. The van der Waals surface area contributed by atoms with Gasteiger partial charge in [-0.25, -0.2) is 14.8 Å². The first-order valence-corrected chi connectivity index (χ1v) is 9.03. The number of carbonyl (C=O) groups is 1. The molecule has 1 saturated heterocycles. The van der Waals surface area contributed by atoms with Crippen LogP contribution in [0.15, 0.2) is 36.5 Å². The Morgan fingerprint density at radius 1 is 1.08 bits per heavy atom. The maximum atomic E-state index is 11.1. The van der Waals surface area contributed by atoms with Gasteiger partial charge in [0.05, 0.1) is 12.2 Å². The maximum absolute atomic E-state index is 11.1. The molecule has 3 heterocycles. The van der Waals surface area contributed by atoms with Crippen molar-refractivity contribution in [2.75, 3.05) is 37.6 Å². The van der Waals surface area contributed by atoms with Crippen molar-refractivity contribution in [2.24, 2.45) is 0 Å². The Balaban J connectivity index is 1.37. The Morgan fingerprint density at radius 2 is 1.85 bits per heavy atom. The molecule has 0 saturated carbocycles. The summed E-state index contributed by atoms with van der Waals surface area (Å²) >= 11 is 0. The molecule has 0 atom stereocenters. The van der Waals surface area contributed by atoms with Crippen LogP contribution in [-0.4, -0.2) is 63.7 Å². The van der Waals surface area contributed by atoms with Crippen LogP contribution in [0.5, 0.6) is 0 Å². The zero-order chi connectivity index (χ0) is 17.9. The van der Waals surface area contributed by atoms with E-state index in [1.54, 1.807) is 6.20 Å². The Kier molecular flexibility index (Phi) is 4.71. The van der Waals surface area contributed by atoms with Crippen molar-refractivity contribution in [2.45, 2.75) is 19.5 Å². The lowest BCUT2D eigenvalue weighted by Crippen LogP contribution is -2.46. The fourth-order valence-corrected chi connectivity index (χ4v) is 3.57. The fourth-order valence-electron chi connectivity index (χ4n) is 3.57. The number of hydrogen-bond donors (Lipinski definition) is 1. The Labute approximate surface area is 152 Å². The highest BCUT2D eigenvalue weighted by Gasteiger charge is 2.24. The minimum atomic E-state index is -0.880. The highest BCUT2D eigenvalue weighted by atomic mass is 16.4. The third-order valence-electron chi connectivity index (χ3n) is 5.10. The molecule has 1 fully saturated rings. The lowest BCUT2D eigenvalue weighted by molar-refractivity contribution is 0.139. The second-order valence-electron chi connectivity index (χ2n) is 6.84. The molecule has 0 spiro atoms. The molecule has 1 N–H and O–H groups in total. The van der Waals surface area contributed by atoms with Gasteiger partial charge in [-0.05, 0) is 5.56 Å². The van der Waals surface area contributed by atoms with Gasteiger partial charge in [-0.2, -0.15) is 0 Å². The van der Waals surface area contributed by atoms with Crippen molar-refractivity contribution >= 4 is 12.0 Å². The van der Waals surface area contributed by atoms with Gasteiger partial charge < -0.3 is 14.9 Å². The number of benzene rings is 1. The molecule has 2 aliphatic heterocycles. The van der Waals surface area contributed by atoms with Crippen molar-refractivity contribution in [1.29, 1.82) is 0 Å². The third-order valence-corrected chi connectivity index (χ3v) is 5.10. The quantitative estimate of drug-likeness (QED) is 0.908. The number of piperazine rings is 1. The summed E-state index contributed by atoms with van der Waals surface area (Å²) in [6.07, 6.45) is 1.57. The molecular weight excluding hydrogens is 330 g/mol. The summed E-state index contributed by atoms with van der Waals surface area (Å²) in [4.78, 5) is 26.4. The van der Waals surface area contributed by atoms with E-state index in [4.69, 9.17) is 10.1 Å². The first-order chi connectivity index (χ1) is 12.7. The second kappa shape index (κ2) is 7.29. The van der Waals surface area contributed by atoms with E-state index < -0.39 is 6.09 Å². The monoisotopic (exact) mass is 353 g/mol. The summed E-state index contributed by atoms with van der Waals surface area (Å²) in [6, 6.07) is 10.5. The molecular formula is C19H23N5O2. The standard InChI is InChI=1S/C19H23N5O2/c25-19(26)24-7-6-17-16(14-24)12-20-18(21-17)23-10-8-22(9-11-23)13-15-4-2-1-3-5-15/h1-5,12H,6-11,13-14H2,(H,25,26). The van der Waals surface area contributed by atoms with E-state index >= 15 is 0 Å². The number of rotatable bonds is 3.